The topological polar surface area (TPSA) is 58.1 Å². The van der Waals surface area contributed by atoms with E-state index in [0.717, 1.165) is 41.6 Å². The number of thiophene rings is 1. The molecule has 0 unspecified atom stereocenters. The maximum absolute atomic E-state index is 10.1. The molecule has 4 nitrogen and oxygen atoms in total. The van der Waals surface area contributed by atoms with E-state index < -0.39 is 6.10 Å². The number of benzene rings is 1. The van der Waals surface area contributed by atoms with Gasteiger partial charge in [0.05, 0.1) is 17.0 Å². The number of nitrogens with one attached hydrogen (secondary N) is 1. The van der Waals surface area contributed by atoms with E-state index in [-0.39, 0.29) is 0 Å². The highest BCUT2D eigenvalue weighted by atomic mass is 32.1. The molecule has 2 N–H and O–H groups in total. The van der Waals surface area contributed by atoms with Crippen molar-refractivity contribution >= 4 is 22.2 Å². The van der Waals surface area contributed by atoms with Crippen LogP contribution in [0, 0.1) is 13.8 Å². The summed E-state index contributed by atoms with van der Waals surface area (Å²) < 4.78 is 5.82. The lowest BCUT2D eigenvalue weighted by Crippen LogP contribution is -2.17. The number of hydrogen-bond acceptors (Lipinski definition) is 4. The van der Waals surface area contributed by atoms with E-state index >= 15 is 0 Å². The van der Waals surface area contributed by atoms with E-state index in [9.17, 15) is 5.11 Å². The first kappa shape index (κ1) is 16.0. The fourth-order valence-corrected chi connectivity index (χ4v) is 3.64. The second kappa shape index (κ2) is 7.15. The van der Waals surface area contributed by atoms with Crippen molar-refractivity contribution < 1.29 is 9.84 Å². The van der Waals surface area contributed by atoms with Crippen LogP contribution in [0.15, 0.2) is 30.3 Å². The van der Waals surface area contributed by atoms with Gasteiger partial charge in [0.15, 0.2) is 0 Å². The van der Waals surface area contributed by atoms with E-state index in [1.807, 2.05) is 36.5 Å². The fourth-order valence-electron chi connectivity index (χ4n) is 2.71. The van der Waals surface area contributed by atoms with E-state index in [1.54, 1.807) is 0 Å². The Morgan fingerprint density at radius 1 is 1.26 bits per heavy atom. The minimum atomic E-state index is -0.446. The minimum absolute atomic E-state index is 0.313. The Balaban J connectivity index is 1.50. The largest absolute Gasteiger partial charge is 0.490 e. The number of rotatable bonds is 7. The summed E-state index contributed by atoms with van der Waals surface area (Å²) in [4.78, 5) is 2.72. The molecule has 1 aromatic carbocycles. The minimum Gasteiger partial charge on any atom is -0.490 e. The normalized spacial score (nSPS) is 12.7. The van der Waals surface area contributed by atoms with Crippen molar-refractivity contribution in [2.75, 3.05) is 6.61 Å². The SMILES string of the molecule is Cc1ccc(CCC[C@H](O)COc2cccc3n[nH]c(C)c23)s1. The molecule has 0 saturated heterocycles. The van der Waals surface area contributed by atoms with Gasteiger partial charge in [-0.25, -0.2) is 0 Å². The summed E-state index contributed by atoms with van der Waals surface area (Å²) in [6, 6.07) is 10.1. The molecule has 0 radical (unpaired) electrons. The number of hydrogen-bond donors (Lipinski definition) is 2. The maximum atomic E-state index is 10.1. The van der Waals surface area contributed by atoms with Crippen molar-refractivity contribution in [3.05, 3.63) is 45.8 Å². The third kappa shape index (κ3) is 3.92. The predicted octanol–water partition coefficient (Wildman–Crippen LogP) is 4.00. The molecule has 0 aliphatic carbocycles. The molecule has 122 valence electrons. The van der Waals surface area contributed by atoms with Crippen molar-refractivity contribution in [1.82, 2.24) is 10.2 Å². The summed E-state index contributed by atoms with van der Waals surface area (Å²) in [5.74, 6) is 0.779. The number of aliphatic hydroxyl groups is 1. The van der Waals surface area contributed by atoms with Crippen molar-refractivity contribution in [1.29, 1.82) is 0 Å². The highest BCUT2D eigenvalue weighted by molar-refractivity contribution is 7.11. The number of H-pyrrole nitrogens is 1. The maximum Gasteiger partial charge on any atom is 0.130 e. The second-order valence-corrected chi connectivity index (χ2v) is 7.24. The van der Waals surface area contributed by atoms with Crippen LogP contribution in [0.5, 0.6) is 5.75 Å². The molecule has 0 fully saturated rings. The summed E-state index contributed by atoms with van der Waals surface area (Å²) in [7, 11) is 0. The van der Waals surface area contributed by atoms with E-state index in [2.05, 4.69) is 29.3 Å². The first-order valence-corrected chi connectivity index (χ1v) is 8.75. The molecule has 23 heavy (non-hydrogen) atoms. The average Bonchev–Trinajstić information content (AvgIpc) is 3.12. The molecule has 0 saturated carbocycles. The van der Waals surface area contributed by atoms with Gasteiger partial charge in [-0.15, -0.1) is 11.3 Å². The van der Waals surface area contributed by atoms with Crippen LogP contribution in [0.25, 0.3) is 10.9 Å². The lowest BCUT2D eigenvalue weighted by atomic mass is 10.1. The van der Waals surface area contributed by atoms with Crippen LogP contribution in [-0.2, 0) is 6.42 Å². The zero-order valence-electron chi connectivity index (χ0n) is 13.5. The monoisotopic (exact) mass is 330 g/mol. The Labute approximate surface area is 140 Å². The lowest BCUT2D eigenvalue weighted by molar-refractivity contribution is 0.0991. The van der Waals surface area contributed by atoms with Crippen LogP contribution in [0.3, 0.4) is 0 Å². The molecule has 3 rings (SSSR count). The van der Waals surface area contributed by atoms with Gasteiger partial charge < -0.3 is 9.84 Å². The number of ether oxygens (including phenoxy) is 1. The van der Waals surface area contributed by atoms with Gasteiger partial charge in [-0.2, -0.15) is 5.10 Å². The summed E-state index contributed by atoms with van der Waals surface area (Å²) in [5, 5.41) is 18.3. The quantitative estimate of drug-likeness (QED) is 0.688. The Kier molecular flexibility index (Phi) is 4.98. The van der Waals surface area contributed by atoms with Crippen molar-refractivity contribution in [2.45, 2.75) is 39.2 Å². The van der Waals surface area contributed by atoms with Gasteiger partial charge in [-0.05, 0) is 57.4 Å². The van der Waals surface area contributed by atoms with Crippen LogP contribution < -0.4 is 4.74 Å². The highest BCUT2D eigenvalue weighted by Gasteiger charge is 2.11. The van der Waals surface area contributed by atoms with Crippen LogP contribution in [0.2, 0.25) is 0 Å². The smallest absolute Gasteiger partial charge is 0.130 e. The number of aromatic amines is 1. The third-order valence-electron chi connectivity index (χ3n) is 3.91. The summed E-state index contributed by atoms with van der Waals surface area (Å²) >= 11 is 1.83. The molecular weight excluding hydrogens is 308 g/mol. The Morgan fingerprint density at radius 2 is 2.13 bits per heavy atom. The Hall–Kier alpha value is -1.85. The number of aryl methyl sites for hydroxylation is 3. The van der Waals surface area contributed by atoms with Crippen LogP contribution >= 0.6 is 11.3 Å². The van der Waals surface area contributed by atoms with Crippen LogP contribution in [0.4, 0.5) is 0 Å². The first-order chi connectivity index (χ1) is 11.1. The van der Waals surface area contributed by atoms with Gasteiger partial charge in [-0.3, -0.25) is 5.10 Å². The summed E-state index contributed by atoms with van der Waals surface area (Å²) in [6.45, 7) is 4.41. The molecule has 0 amide bonds. The van der Waals surface area contributed by atoms with Gasteiger partial charge in [0.25, 0.3) is 0 Å². The number of aromatic nitrogens is 2. The van der Waals surface area contributed by atoms with Gasteiger partial charge in [0.2, 0.25) is 0 Å². The number of aliphatic hydroxyl groups excluding tert-OH is 1. The first-order valence-electron chi connectivity index (χ1n) is 7.93. The van der Waals surface area contributed by atoms with Gasteiger partial charge in [-0.1, -0.05) is 6.07 Å². The molecule has 1 atom stereocenters. The Morgan fingerprint density at radius 3 is 2.91 bits per heavy atom. The molecule has 3 aromatic rings. The zero-order chi connectivity index (χ0) is 16.2. The molecule has 0 aliphatic heterocycles. The third-order valence-corrected chi connectivity index (χ3v) is 4.97. The average molecular weight is 330 g/mol. The standard InChI is InChI=1S/C18H22N2O2S/c1-12-9-10-15(23-12)6-3-5-14(21)11-22-17-8-4-7-16-18(17)13(2)19-20-16/h4,7-10,14,21H,3,5-6,11H2,1-2H3,(H,19,20)/t14-/m0/s1. The fraction of sp³-hybridized carbons (Fsp3) is 0.389. The van der Waals surface area contributed by atoms with E-state index in [0.29, 0.717) is 6.61 Å². The van der Waals surface area contributed by atoms with Crippen LogP contribution in [0.1, 0.15) is 28.3 Å². The predicted molar refractivity (Wildman–Crippen MR) is 94.3 cm³/mol. The van der Waals surface area contributed by atoms with Gasteiger partial charge in [0.1, 0.15) is 12.4 Å². The second-order valence-electron chi connectivity index (χ2n) is 5.87. The van der Waals surface area contributed by atoms with Gasteiger partial charge >= 0.3 is 0 Å². The van der Waals surface area contributed by atoms with Crippen LogP contribution in [-0.4, -0.2) is 28.0 Å². The van der Waals surface area contributed by atoms with Crippen molar-refractivity contribution in [3.8, 4) is 5.75 Å². The molecule has 0 spiro atoms. The van der Waals surface area contributed by atoms with E-state index in [4.69, 9.17) is 4.74 Å². The molecular formula is C18H22N2O2S. The number of nitrogens with zero attached hydrogens (tertiary/aromatic N) is 1. The molecule has 5 heteroatoms. The van der Waals surface area contributed by atoms with Crippen molar-refractivity contribution in [3.63, 3.8) is 0 Å². The zero-order valence-corrected chi connectivity index (χ0v) is 14.3. The molecule has 0 aliphatic rings. The van der Waals surface area contributed by atoms with Crippen molar-refractivity contribution in [2.24, 2.45) is 0 Å². The lowest BCUT2D eigenvalue weighted by Gasteiger charge is -2.13. The highest BCUT2D eigenvalue weighted by Crippen LogP contribution is 2.27. The van der Waals surface area contributed by atoms with Gasteiger partial charge in [0, 0.05) is 15.4 Å². The molecule has 2 aromatic heterocycles. The molecule has 0 bridgehead atoms. The summed E-state index contributed by atoms with van der Waals surface area (Å²) in [5.41, 5.74) is 1.88. The number of fused-ring (bicyclic) bond motifs is 1. The molecule has 2 heterocycles. The Bertz CT molecular complexity index is 778. The summed E-state index contributed by atoms with van der Waals surface area (Å²) in [6.07, 6.45) is 2.29. The van der Waals surface area contributed by atoms with E-state index in [1.165, 1.54) is 9.75 Å².